The maximum absolute atomic E-state index is 6.49. The lowest BCUT2D eigenvalue weighted by molar-refractivity contribution is 0.280. The van der Waals surface area contributed by atoms with E-state index in [-0.39, 0.29) is 5.54 Å². The van der Waals surface area contributed by atoms with E-state index >= 15 is 0 Å². The molecular formula is C16H26N2. The molecule has 0 aromatic heterocycles. The SMILES string of the molecule is Cc1cccc(N(C)CCC2(N)CCCCC2)c1. The molecule has 2 N–H and O–H groups in total. The molecule has 0 atom stereocenters. The van der Waals surface area contributed by atoms with Gasteiger partial charge in [-0.1, -0.05) is 31.4 Å². The molecule has 1 saturated carbocycles. The topological polar surface area (TPSA) is 29.3 Å². The number of benzene rings is 1. The molecule has 0 amide bonds. The second kappa shape index (κ2) is 5.75. The van der Waals surface area contributed by atoms with E-state index in [0.29, 0.717) is 0 Å². The number of nitrogens with two attached hydrogens (primary N) is 1. The van der Waals surface area contributed by atoms with Crippen molar-refractivity contribution in [3.05, 3.63) is 29.8 Å². The number of rotatable bonds is 4. The van der Waals surface area contributed by atoms with Crippen molar-refractivity contribution in [3.63, 3.8) is 0 Å². The fourth-order valence-electron chi connectivity index (χ4n) is 2.89. The summed E-state index contributed by atoms with van der Waals surface area (Å²) in [5, 5.41) is 0. The summed E-state index contributed by atoms with van der Waals surface area (Å²) in [5.41, 5.74) is 9.20. The lowest BCUT2D eigenvalue weighted by atomic mass is 9.80. The number of hydrogen-bond acceptors (Lipinski definition) is 2. The predicted molar refractivity (Wildman–Crippen MR) is 79.1 cm³/mol. The first-order valence-electron chi connectivity index (χ1n) is 7.16. The summed E-state index contributed by atoms with van der Waals surface area (Å²) >= 11 is 0. The van der Waals surface area contributed by atoms with Crippen molar-refractivity contribution in [3.8, 4) is 0 Å². The van der Waals surface area contributed by atoms with E-state index in [4.69, 9.17) is 5.73 Å². The first-order chi connectivity index (χ1) is 8.59. The van der Waals surface area contributed by atoms with Crippen LogP contribution in [0.2, 0.25) is 0 Å². The van der Waals surface area contributed by atoms with Gasteiger partial charge in [-0.3, -0.25) is 0 Å². The molecule has 1 aromatic carbocycles. The van der Waals surface area contributed by atoms with Crippen molar-refractivity contribution in [2.45, 2.75) is 51.0 Å². The van der Waals surface area contributed by atoms with Crippen LogP contribution in [-0.2, 0) is 0 Å². The molecule has 1 fully saturated rings. The Hall–Kier alpha value is -1.02. The maximum atomic E-state index is 6.49. The molecule has 18 heavy (non-hydrogen) atoms. The molecule has 1 aromatic rings. The highest BCUT2D eigenvalue weighted by atomic mass is 15.1. The lowest BCUT2D eigenvalue weighted by Crippen LogP contribution is -2.44. The van der Waals surface area contributed by atoms with E-state index in [1.165, 1.54) is 43.4 Å². The summed E-state index contributed by atoms with van der Waals surface area (Å²) in [6.45, 7) is 3.20. The summed E-state index contributed by atoms with van der Waals surface area (Å²) in [6.07, 6.45) is 7.50. The average molecular weight is 246 g/mol. The highest BCUT2D eigenvalue weighted by Gasteiger charge is 2.27. The number of aryl methyl sites for hydroxylation is 1. The zero-order valence-electron chi connectivity index (χ0n) is 11.8. The zero-order valence-corrected chi connectivity index (χ0v) is 11.8. The summed E-state index contributed by atoms with van der Waals surface area (Å²) < 4.78 is 0. The Morgan fingerprint density at radius 3 is 2.61 bits per heavy atom. The van der Waals surface area contributed by atoms with Crippen molar-refractivity contribution in [1.82, 2.24) is 0 Å². The summed E-state index contributed by atoms with van der Waals surface area (Å²) in [4.78, 5) is 2.33. The second-order valence-corrected chi connectivity index (χ2v) is 5.93. The van der Waals surface area contributed by atoms with Gasteiger partial charge in [0.05, 0.1) is 0 Å². The van der Waals surface area contributed by atoms with Crippen molar-refractivity contribution in [2.75, 3.05) is 18.5 Å². The standard InChI is InChI=1S/C16H26N2/c1-14-7-6-8-15(13-14)18(2)12-11-16(17)9-4-3-5-10-16/h6-8,13H,3-5,9-12,17H2,1-2H3. The minimum absolute atomic E-state index is 0.0936. The number of hydrogen-bond donors (Lipinski definition) is 1. The van der Waals surface area contributed by atoms with Gasteiger partial charge >= 0.3 is 0 Å². The third-order valence-corrected chi connectivity index (χ3v) is 4.24. The van der Waals surface area contributed by atoms with Crippen LogP contribution in [0.4, 0.5) is 5.69 Å². The molecular weight excluding hydrogens is 220 g/mol. The van der Waals surface area contributed by atoms with E-state index in [1.807, 2.05) is 0 Å². The molecule has 0 radical (unpaired) electrons. The van der Waals surface area contributed by atoms with Crippen LogP contribution in [0.1, 0.15) is 44.1 Å². The van der Waals surface area contributed by atoms with Gasteiger partial charge in [-0.05, 0) is 43.9 Å². The van der Waals surface area contributed by atoms with Crippen molar-refractivity contribution in [1.29, 1.82) is 0 Å². The summed E-state index contributed by atoms with van der Waals surface area (Å²) in [6, 6.07) is 8.68. The molecule has 0 bridgehead atoms. The summed E-state index contributed by atoms with van der Waals surface area (Å²) in [5.74, 6) is 0. The van der Waals surface area contributed by atoms with Crippen LogP contribution in [-0.4, -0.2) is 19.1 Å². The van der Waals surface area contributed by atoms with Gasteiger partial charge in [0.15, 0.2) is 0 Å². The van der Waals surface area contributed by atoms with Crippen LogP contribution in [0, 0.1) is 6.92 Å². The Morgan fingerprint density at radius 1 is 1.22 bits per heavy atom. The van der Waals surface area contributed by atoms with Gasteiger partial charge < -0.3 is 10.6 Å². The molecule has 100 valence electrons. The fraction of sp³-hybridized carbons (Fsp3) is 0.625. The third-order valence-electron chi connectivity index (χ3n) is 4.24. The number of nitrogens with zero attached hydrogens (tertiary/aromatic N) is 1. The minimum atomic E-state index is 0.0936. The highest BCUT2D eigenvalue weighted by molar-refractivity contribution is 5.47. The molecule has 0 spiro atoms. The van der Waals surface area contributed by atoms with Crippen LogP contribution in [0.3, 0.4) is 0 Å². The fourth-order valence-corrected chi connectivity index (χ4v) is 2.89. The van der Waals surface area contributed by atoms with E-state index in [1.54, 1.807) is 0 Å². The molecule has 0 aliphatic heterocycles. The van der Waals surface area contributed by atoms with Gasteiger partial charge in [-0.25, -0.2) is 0 Å². The monoisotopic (exact) mass is 246 g/mol. The van der Waals surface area contributed by atoms with Gasteiger partial charge in [-0.2, -0.15) is 0 Å². The predicted octanol–water partition coefficient (Wildman–Crippen LogP) is 3.48. The van der Waals surface area contributed by atoms with Crippen LogP contribution >= 0.6 is 0 Å². The van der Waals surface area contributed by atoms with Crippen LogP contribution in [0.25, 0.3) is 0 Å². The zero-order chi connectivity index (χ0) is 13.0. The molecule has 2 nitrogen and oxygen atoms in total. The van der Waals surface area contributed by atoms with Gasteiger partial charge in [0.1, 0.15) is 0 Å². The van der Waals surface area contributed by atoms with Gasteiger partial charge in [0.25, 0.3) is 0 Å². The normalized spacial score (nSPS) is 18.6. The van der Waals surface area contributed by atoms with E-state index < -0.39 is 0 Å². The molecule has 0 saturated heterocycles. The first kappa shape index (κ1) is 13.4. The first-order valence-corrected chi connectivity index (χ1v) is 7.16. The van der Waals surface area contributed by atoms with E-state index in [9.17, 15) is 0 Å². The Kier molecular flexibility index (Phi) is 4.28. The van der Waals surface area contributed by atoms with E-state index in [0.717, 1.165) is 13.0 Å². The molecule has 2 rings (SSSR count). The Labute approximate surface area is 111 Å². The molecule has 2 heteroatoms. The molecule has 1 aliphatic rings. The Balaban J connectivity index is 1.89. The smallest absolute Gasteiger partial charge is 0.0366 e. The molecule has 0 heterocycles. The van der Waals surface area contributed by atoms with E-state index in [2.05, 4.69) is 43.1 Å². The summed E-state index contributed by atoms with van der Waals surface area (Å²) in [7, 11) is 2.17. The molecule has 0 unspecified atom stereocenters. The van der Waals surface area contributed by atoms with Crippen molar-refractivity contribution < 1.29 is 0 Å². The van der Waals surface area contributed by atoms with Gasteiger partial charge in [0, 0.05) is 24.8 Å². The quantitative estimate of drug-likeness (QED) is 0.881. The Morgan fingerprint density at radius 2 is 1.94 bits per heavy atom. The largest absolute Gasteiger partial charge is 0.375 e. The highest BCUT2D eigenvalue weighted by Crippen LogP contribution is 2.29. The van der Waals surface area contributed by atoms with Crippen LogP contribution in [0.15, 0.2) is 24.3 Å². The Bertz CT molecular complexity index is 380. The number of anilines is 1. The van der Waals surface area contributed by atoms with Crippen molar-refractivity contribution >= 4 is 5.69 Å². The minimum Gasteiger partial charge on any atom is -0.375 e. The lowest BCUT2D eigenvalue weighted by Gasteiger charge is -2.35. The third kappa shape index (κ3) is 3.49. The van der Waals surface area contributed by atoms with Crippen LogP contribution in [0.5, 0.6) is 0 Å². The average Bonchev–Trinajstić information content (AvgIpc) is 2.37. The van der Waals surface area contributed by atoms with Gasteiger partial charge in [0.2, 0.25) is 0 Å². The van der Waals surface area contributed by atoms with Crippen molar-refractivity contribution in [2.24, 2.45) is 5.73 Å². The second-order valence-electron chi connectivity index (χ2n) is 5.93. The van der Waals surface area contributed by atoms with Crippen LogP contribution < -0.4 is 10.6 Å². The molecule has 1 aliphatic carbocycles. The maximum Gasteiger partial charge on any atom is 0.0366 e. The van der Waals surface area contributed by atoms with Gasteiger partial charge in [-0.15, -0.1) is 0 Å².